The highest BCUT2D eigenvalue weighted by Crippen LogP contribution is 2.30. The van der Waals surface area contributed by atoms with Gasteiger partial charge in [0.05, 0.1) is 20.4 Å². The molecule has 1 unspecified atom stereocenters. The van der Waals surface area contributed by atoms with Crippen molar-refractivity contribution in [3.8, 4) is 0 Å². The van der Waals surface area contributed by atoms with Gasteiger partial charge in [-0.05, 0) is 41.4 Å². The van der Waals surface area contributed by atoms with Crippen LogP contribution < -0.4 is 5.73 Å². The van der Waals surface area contributed by atoms with Crippen LogP contribution in [0.4, 0.5) is 5.69 Å². The molecule has 0 spiro atoms. The lowest BCUT2D eigenvalue weighted by Gasteiger charge is -2.12. The molecule has 1 aromatic carbocycles. The zero-order valence-electron chi connectivity index (χ0n) is 10.4. The Hall–Kier alpha value is -0.990. The lowest BCUT2D eigenvalue weighted by molar-refractivity contribution is -0.385. The highest BCUT2D eigenvalue weighted by atomic mass is 79.9. The Balaban J connectivity index is 3.07. The van der Waals surface area contributed by atoms with E-state index in [0.717, 1.165) is 0 Å². The number of halogens is 1. The van der Waals surface area contributed by atoms with Crippen LogP contribution in [-0.4, -0.2) is 25.1 Å². The Kier molecular flexibility index (Phi) is 5.45. The lowest BCUT2D eigenvalue weighted by Crippen LogP contribution is -2.23. The molecule has 0 saturated heterocycles. The number of hydrogen-bond acceptors (Lipinski definition) is 5. The third-order valence-electron chi connectivity index (χ3n) is 2.80. The molecule has 0 radical (unpaired) electrons. The number of hydrogen-bond donors (Lipinski definition) is 1. The van der Waals surface area contributed by atoms with Crippen molar-refractivity contribution in [3.63, 3.8) is 0 Å². The third kappa shape index (κ3) is 3.99. The fourth-order valence-electron chi connectivity index (χ4n) is 1.59. The van der Waals surface area contributed by atoms with Crippen molar-refractivity contribution in [1.29, 1.82) is 0 Å². The van der Waals surface area contributed by atoms with Gasteiger partial charge in [0.1, 0.15) is 0 Å². The maximum atomic E-state index is 12.1. The molecule has 0 aliphatic carbocycles. The Labute approximate surface area is 120 Å². The summed E-state index contributed by atoms with van der Waals surface area (Å²) in [7, 11) is -3.37. The normalized spacial score (nSPS) is 13.2. The summed E-state index contributed by atoms with van der Waals surface area (Å²) in [5.41, 5.74) is 5.60. The minimum Gasteiger partial charge on any atom is -0.330 e. The van der Waals surface area contributed by atoms with Crippen molar-refractivity contribution in [2.45, 2.75) is 24.3 Å². The van der Waals surface area contributed by atoms with Crippen molar-refractivity contribution in [2.75, 3.05) is 6.54 Å². The SMILES string of the molecule is CC(CCN)S(=O)(=O)Cc1cccc([N+](=O)[O-])c1Br. The topological polar surface area (TPSA) is 103 Å². The molecule has 0 saturated carbocycles. The predicted octanol–water partition coefficient (Wildman–Crippen LogP) is 2.01. The van der Waals surface area contributed by atoms with Crippen molar-refractivity contribution in [2.24, 2.45) is 5.73 Å². The summed E-state index contributed by atoms with van der Waals surface area (Å²) in [5.74, 6) is -0.240. The van der Waals surface area contributed by atoms with Gasteiger partial charge in [0.2, 0.25) is 0 Å². The van der Waals surface area contributed by atoms with Crippen LogP contribution in [0.1, 0.15) is 18.9 Å². The molecule has 0 aromatic heterocycles. The highest BCUT2D eigenvalue weighted by Gasteiger charge is 2.24. The fourth-order valence-corrected chi connectivity index (χ4v) is 3.78. The largest absolute Gasteiger partial charge is 0.330 e. The van der Waals surface area contributed by atoms with E-state index in [9.17, 15) is 18.5 Å². The van der Waals surface area contributed by atoms with Gasteiger partial charge >= 0.3 is 0 Å². The number of benzene rings is 1. The average molecular weight is 351 g/mol. The molecule has 1 rings (SSSR count). The summed E-state index contributed by atoms with van der Waals surface area (Å²) in [6.45, 7) is 1.88. The second-order valence-electron chi connectivity index (χ2n) is 4.20. The lowest BCUT2D eigenvalue weighted by atomic mass is 10.2. The van der Waals surface area contributed by atoms with Gasteiger partial charge in [-0.3, -0.25) is 10.1 Å². The van der Waals surface area contributed by atoms with Crippen LogP contribution in [0.5, 0.6) is 0 Å². The van der Waals surface area contributed by atoms with Crippen LogP contribution in [0, 0.1) is 10.1 Å². The molecule has 0 aliphatic rings. The smallest absolute Gasteiger partial charge is 0.283 e. The molecular formula is C11H15BrN2O4S. The molecule has 0 heterocycles. The van der Waals surface area contributed by atoms with E-state index in [1.807, 2.05) is 0 Å². The molecule has 0 fully saturated rings. The molecule has 2 N–H and O–H groups in total. The van der Waals surface area contributed by atoms with Crippen LogP contribution in [0.2, 0.25) is 0 Å². The third-order valence-corrected chi connectivity index (χ3v) is 5.89. The van der Waals surface area contributed by atoms with Crippen molar-refractivity contribution >= 4 is 31.5 Å². The summed E-state index contributed by atoms with van der Waals surface area (Å²) in [6.07, 6.45) is 0.370. The molecule has 6 nitrogen and oxygen atoms in total. The van der Waals surface area contributed by atoms with E-state index in [-0.39, 0.29) is 22.5 Å². The van der Waals surface area contributed by atoms with E-state index in [2.05, 4.69) is 15.9 Å². The minimum absolute atomic E-state index is 0.140. The van der Waals surface area contributed by atoms with Crippen molar-refractivity contribution in [3.05, 3.63) is 38.3 Å². The van der Waals surface area contributed by atoms with Gasteiger partial charge < -0.3 is 5.73 Å². The average Bonchev–Trinajstić information content (AvgIpc) is 2.31. The minimum atomic E-state index is -3.37. The summed E-state index contributed by atoms with van der Waals surface area (Å²) in [4.78, 5) is 10.2. The Morgan fingerprint density at radius 1 is 1.47 bits per heavy atom. The summed E-state index contributed by atoms with van der Waals surface area (Å²) < 4.78 is 24.4. The number of sulfone groups is 1. The van der Waals surface area contributed by atoms with Gasteiger partial charge in [-0.2, -0.15) is 0 Å². The number of rotatable bonds is 6. The van der Waals surface area contributed by atoms with E-state index < -0.39 is 20.0 Å². The van der Waals surface area contributed by atoms with Crippen molar-refractivity contribution < 1.29 is 13.3 Å². The van der Waals surface area contributed by atoms with E-state index >= 15 is 0 Å². The zero-order chi connectivity index (χ0) is 14.6. The number of nitro benzene ring substituents is 1. The summed E-state index contributed by atoms with van der Waals surface area (Å²) in [5, 5.41) is 10.2. The quantitative estimate of drug-likeness (QED) is 0.624. The molecular weight excluding hydrogens is 336 g/mol. The molecule has 19 heavy (non-hydrogen) atoms. The van der Waals surface area contributed by atoms with Gasteiger partial charge in [-0.1, -0.05) is 12.1 Å². The van der Waals surface area contributed by atoms with E-state index in [1.54, 1.807) is 13.0 Å². The van der Waals surface area contributed by atoms with Gasteiger partial charge in [-0.15, -0.1) is 0 Å². The zero-order valence-corrected chi connectivity index (χ0v) is 12.8. The maximum Gasteiger partial charge on any atom is 0.283 e. The molecule has 1 aromatic rings. The van der Waals surface area contributed by atoms with Gasteiger partial charge in [0, 0.05) is 6.07 Å². The first-order valence-corrected chi connectivity index (χ1v) is 8.14. The molecule has 0 amide bonds. The first-order valence-electron chi connectivity index (χ1n) is 5.63. The van der Waals surface area contributed by atoms with Crippen LogP contribution in [0.3, 0.4) is 0 Å². The molecule has 0 aliphatic heterocycles. The summed E-state index contributed by atoms with van der Waals surface area (Å²) in [6, 6.07) is 4.36. The fraction of sp³-hybridized carbons (Fsp3) is 0.455. The van der Waals surface area contributed by atoms with Crippen molar-refractivity contribution in [1.82, 2.24) is 0 Å². The Morgan fingerprint density at radius 3 is 2.63 bits per heavy atom. The predicted molar refractivity (Wildman–Crippen MR) is 76.6 cm³/mol. The highest BCUT2D eigenvalue weighted by molar-refractivity contribution is 9.10. The second kappa shape index (κ2) is 6.44. The first-order chi connectivity index (χ1) is 8.79. The second-order valence-corrected chi connectivity index (χ2v) is 7.41. The molecule has 1 atom stereocenters. The number of nitrogens with zero attached hydrogens (tertiary/aromatic N) is 1. The van der Waals surface area contributed by atoms with E-state index in [0.29, 0.717) is 12.0 Å². The van der Waals surface area contributed by atoms with Crippen LogP contribution >= 0.6 is 15.9 Å². The standard InChI is InChI=1S/C11H15BrN2O4S/c1-8(5-6-13)19(17,18)7-9-3-2-4-10(11(9)12)14(15)16/h2-4,8H,5-7,13H2,1H3. The van der Waals surface area contributed by atoms with Crippen LogP contribution in [0.15, 0.2) is 22.7 Å². The number of nitro groups is 1. The maximum absolute atomic E-state index is 12.1. The molecule has 106 valence electrons. The van der Waals surface area contributed by atoms with E-state index in [1.165, 1.54) is 12.1 Å². The van der Waals surface area contributed by atoms with Crippen LogP contribution in [-0.2, 0) is 15.6 Å². The van der Waals surface area contributed by atoms with Gasteiger partial charge in [0.15, 0.2) is 9.84 Å². The van der Waals surface area contributed by atoms with Crippen LogP contribution in [0.25, 0.3) is 0 Å². The Bertz CT molecular complexity index is 574. The number of nitrogens with two attached hydrogens (primary N) is 1. The molecule has 8 heteroatoms. The Morgan fingerprint density at radius 2 is 2.11 bits per heavy atom. The first kappa shape index (κ1) is 16.1. The van der Waals surface area contributed by atoms with E-state index in [4.69, 9.17) is 5.73 Å². The monoisotopic (exact) mass is 350 g/mol. The van der Waals surface area contributed by atoms with Gasteiger partial charge in [0.25, 0.3) is 5.69 Å². The van der Waals surface area contributed by atoms with Gasteiger partial charge in [-0.25, -0.2) is 8.42 Å². The summed E-state index contributed by atoms with van der Waals surface area (Å²) >= 11 is 3.09. The molecule has 0 bridgehead atoms.